The summed E-state index contributed by atoms with van der Waals surface area (Å²) in [5.74, 6) is 1.04. The number of rotatable bonds is 10. The van der Waals surface area contributed by atoms with Crippen molar-refractivity contribution in [2.75, 3.05) is 32.7 Å². The van der Waals surface area contributed by atoms with Crippen molar-refractivity contribution in [1.29, 1.82) is 0 Å². The van der Waals surface area contributed by atoms with E-state index in [0.717, 1.165) is 30.9 Å². The van der Waals surface area contributed by atoms with E-state index in [1.807, 2.05) is 37.0 Å². The molecule has 1 heterocycles. The molecule has 0 radical (unpaired) electrons. The first-order valence-corrected chi connectivity index (χ1v) is 17.5. The second-order valence-corrected chi connectivity index (χ2v) is 17.3. The zero-order valence-electron chi connectivity index (χ0n) is 25.8. The minimum absolute atomic E-state index is 0.0638. The van der Waals surface area contributed by atoms with Crippen molar-refractivity contribution in [1.82, 2.24) is 14.7 Å². The van der Waals surface area contributed by atoms with Gasteiger partial charge in [0.2, 0.25) is 8.32 Å². The van der Waals surface area contributed by atoms with E-state index < -0.39 is 8.32 Å². The Balaban J connectivity index is 2.03. The lowest BCUT2D eigenvalue weighted by atomic mass is 9.92. The molecule has 1 fully saturated rings. The van der Waals surface area contributed by atoms with Gasteiger partial charge in [-0.3, -0.25) is 14.6 Å². The molecule has 3 rings (SSSR count). The zero-order chi connectivity index (χ0) is 29.0. The molecule has 5 nitrogen and oxygen atoms in total. The Morgan fingerprint density at radius 2 is 1.69 bits per heavy atom. The summed E-state index contributed by atoms with van der Waals surface area (Å²) in [6, 6.07) is 17.8. The molecule has 1 amide bonds. The van der Waals surface area contributed by atoms with Crippen LogP contribution in [-0.2, 0) is 0 Å². The van der Waals surface area contributed by atoms with Gasteiger partial charge in [0.1, 0.15) is 5.75 Å². The standard InChI is InChI=1S/C33H51N3O2Si/c1-11-21-35-23-26(5)36(24-25(35)4)31(27-17-19-28(20-18-27)32(37)34(12-2)13-3)29-15-14-16-30(22-29)38-39(9,10)33(6,7)8/h11,14-20,22,25-26,31H,1,12-13,21,23-24H2,2-10H3/t25-,26-,31?/m1/s1. The first kappa shape index (κ1) is 31.1. The Kier molecular flexibility index (Phi) is 10.2. The van der Waals surface area contributed by atoms with Gasteiger partial charge in [0, 0.05) is 50.4 Å². The highest BCUT2D eigenvalue weighted by Crippen LogP contribution is 2.39. The molecule has 2 aromatic carbocycles. The molecule has 2 aromatic rings. The first-order valence-electron chi connectivity index (χ1n) is 14.6. The number of amides is 1. The fraction of sp³-hybridized carbons (Fsp3) is 0.545. The fourth-order valence-corrected chi connectivity index (χ4v) is 6.30. The van der Waals surface area contributed by atoms with Crippen molar-refractivity contribution in [3.8, 4) is 5.75 Å². The summed E-state index contributed by atoms with van der Waals surface area (Å²) >= 11 is 0. The molecule has 39 heavy (non-hydrogen) atoms. The Morgan fingerprint density at radius 1 is 1.05 bits per heavy atom. The maximum Gasteiger partial charge on any atom is 0.253 e. The third-order valence-electron chi connectivity index (χ3n) is 8.74. The van der Waals surface area contributed by atoms with Gasteiger partial charge in [0.15, 0.2) is 0 Å². The number of benzene rings is 2. The van der Waals surface area contributed by atoms with Crippen LogP contribution in [0.3, 0.4) is 0 Å². The molecule has 3 atom stereocenters. The summed E-state index contributed by atoms with van der Waals surface area (Å²) in [5.41, 5.74) is 3.17. The molecular weight excluding hydrogens is 498 g/mol. The molecule has 0 bridgehead atoms. The number of hydrogen-bond donors (Lipinski definition) is 0. The normalized spacial score (nSPS) is 19.9. The van der Waals surface area contributed by atoms with E-state index >= 15 is 0 Å². The molecule has 1 aliphatic rings. The van der Waals surface area contributed by atoms with E-state index in [4.69, 9.17) is 4.43 Å². The molecule has 1 unspecified atom stereocenters. The minimum Gasteiger partial charge on any atom is -0.543 e. The van der Waals surface area contributed by atoms with Crippen molar-refractivity contribution in [3.05, 3.63) is 77.9 Å². The largest absolute Gasteiger partial charge is 0.543 e. The van der Waals surface area contributed by atoms with Gasteiger partial charge in [0.25, 0.3) is 5.91 Å². The second-order valence-electron chi connectivity index (χ2n) is 12.6. The highest BCUT2D eigenvalue weighted by atomic mass is 28.4. The molecule has 0 N–H and O–H groups in total. The molecular formula is C33H51N3O2Si. The summed E-state index contributed by atoms with van der Waals surface area (Å²) in [7, 11) is -1.98. The average Bonchev–Trinajstić information content (AvgIpc) is 2.87. The van der Waals surface area contributed by atoms with Crippen molar-refractivity contribution in [2.24, 2.45) is 0 Å². The predicted molar refractivity (Wildman–Crippen MR) is 167 cm³/mol. The molecule has 0 aliphatic carbocycles. The van der Waals surface area contributed by atoms with Gasteiger partial charge in [-0.05, 0) is 81.2 Å². The summed E-state index contributed by atoms with van der Waals surface area (Å²) < 4.78 is 6.73. The van der Waals surface area contributed by atoms with Crippen molar-refractivity contribution < 1.29 is 9.22 Å². The van der Waals surface area contributed by atoms with E-state index in [0.29, 0.717) is 25.2 Å². The highest BCUT2D eigenvalue weighted by Gasteiger charge is 2.39. The molecule has 0 aromatic heterocycles. The molecule has 1 aliphatic heterocycles. The molecule has 1 saturated heterocycles. The van der Waals surface area contributed by atoms with E-state index in [1.54, 1.807) is 0 Å². The highest BCUT2D eigenvalue weighted by molar-refractivity contribution is 6.74. The first-order chi connectivity index (χ1) is 18.3. The second kappa shape index (κ2) is 12.8. The topological polar surface area (TPSA) is 36.0 Å². The molecule has 214 valence electrons. The number of carbonyl (C=O) groups is 1. The van der Waals surface area contributed by atoms with Crippen molar-refractivity contribution in [2.45, 2.75) is 84.7 Å². The number of piperazine rings is 1. The minimum atomic E-state index is -1.98. The van der Waals surface area contributed by atoms with Crippen LogP contribution in [0, 0.1) is 0 Å². The van der Waals surface area contributed by atoms with Gasteiger partial charge in [-0.2, -0.15) is 0 Å². The Morgan fingerprint density at radius 3 is 2.26 bits per heavy atom. The van der Waals surface area contributed by atoms with Crippen LogP contribution in [0.2, 0.25) is 18.1 Å². The van der Waals surface area contributed by atoms with Crippen LogP contribution in [0.15, 0.2) is 61.2 Å². The Labute approximate surface area is 239 Å². The zero-order valence-corrected chi connectivity index (χ0v) is 26.8. The number of carbonyl (C=O) groups excluding carboxylic acids is 1. The third kappa shape index (κ3) is 7.22. The van der Waals surface area contributed by atoms with Gasteiger partial charge in [-0.1, -0.05) is 51.1 Å². The van der Waals surface area contributed by atoms with E-state index in [9.17, 15) is 4.79 Å². The van der Waals surface area contributed by atoms with E-state index in [1.165, 1.54) is 11.1 Å². The van der Waals surface area contributed by atoms with E-state index in [-0.39, 0.29) is 17.0 Å². The summed E-state index contributed by atoms with van der Waals surface area (Å²) in [5, 5.41) is 0.126. The Hall–Kier alpha value is -2.41. The molecule has 0 spiro atoms. The summed E-state index contributed by atoms with van der Waals surface area (Å²) in [6.07, 6.45) is 2.00. The fourth-order valence-electron chi connectivity index (χ4n) is 5.28. The predicted octanol–water partition coefficient (Wildman–Crippen LogP) is 7.22. The molecule has 0 saturated carbocycles. The van der Waals surface area contributed by atoms with Gasteiger partial charge in [-0.15, -0.1) is 6.58 Å². The van der Waals surface area contributed by atoms with Crippen LogP contribution in [0.4, 0.5) is 0 Å². The smallest absolute Gasteiger partial charge is 0.253 e. The lowest BCUT2D eigenvalue weighted by Crippen LogP contribution is -2.57. The third-order valence-corrected chi connectivity index (χ3v) is 13.1. The van der Waals surface area contributed by atoms with Crippen molar-refractivity contribution in [3.63, 3.8) is 0 Å². The van der Waals surface area contributed by atoms with Crippen LogP contribution in [0.25, 0.3) is 0 Å². The maximum atomic E-state index is 13.0. The summed E-state index contributed by atoms with van der Waals surface area (Å²) in [4.78, 5) is 20.0. The van der Waals surface area contributed by atoms with Crippen LogP contribution in [-0.4, -0.2) is 73.7 Å². The van der Waals surface area contributed by atoms with Gasteiger partial charge >= 0.3 is 0 Å². The van der Waals surface area contributed by atoms with Crippen LogP contribution >= 0.6 is 0 Å². The van der Waals surface area contributed by atoms with Crippen LogP contribution in [0.1, 0.15) is 76.0 Å². The van der Waals surface area contributed by atoms with Gasteiger partial charge in [0.05, 0.1) is 6.04 Å². The monoisotopic (exact) mass is 549 g/mol. The van der Waals surface area contributed by atoms with E-state index in [2.05, 4.69) is 100 Å². The van der Waals surface area contributed by atoms with Crippen molar-refractivity contribution >= 4 is 14.2 Å². The van der Waals surface area contributed by atoms with Crippen LogP contribution < -0.4 is 4.43 Å². The van der Waals surface area contributed by atoms with Crippen LogP contribution in [0.5, 0.6) is 5.75 Å². The number of hydrogen-bond acceptors (Lipinski definition) is 4. The average molecular weight is 550 g/mol. The Bertz CT molecular complexity index is 1100. The quantitative estimate of drug-likeness (QED) is 0.231. The SMILES string of the molecule is C=CCN1C[C@@H](C)N(C(c2ccc(C(=O)N(CC)CC)cc2)c2cccc(O[Si](C)(C)C(C)(C)C)c2)C[C@H]1C. The lowest BCUT2D eigenvalue weighted by molar-refractivity contribution is 0.0306. The van der Waals surface area contributed by atoms with Gasteiger partial charge < -0.3 is 9.33 Å². The lowest BCUT2D eigenvalue weighted by Gasteiger charge is -2.47. The molecule has 6 heteroatoms. The van der Waals surface area contributed by atoms with Gasteiger partial charge in [-0.25, -0.2) is 0 Å². The number of nitrogens with zero attached hydrogens (tertiary/aromatic N) is 3. The summed E-state index contributed by atoms with van der Waals surface area (Å²) in [6.45, 7) is 28.3. The maximum absolute atomic E-state index is 13.0.